The molecule has 2 aromatic carbocycles. The van der Waals surface area contributed by atoms with Gasteiger partial charge in [-0.3, -0.25) is 10.1 Å². The topological polar surface area (TPSA) is 72.7 Å². The summed E-state index contributed by atoms with van der Waals surface area (Å²) in [5.41, 5.74) is 1.73. The second-order valence-corrected chi connectivity index (χ2v) is 8.73. The second-order valence-electron chi connectivity index (χ2n) is 6.51. The minimum atomic E-state index is -0.483. The van der Waals surface area contributed by atoms with E-state index < -0.39 is 10.9 Å². The van der Waals surface area contributed by atoms with Gasteiger partial charge in [-0.25, -0.2) is 4.79 Å². The number of para-hydroxylation sites is 1. The van der Waals surface area contributed by atoms with Crippen molar-refractivity contribution in [2.45, 2.75) is 38.3 Å². The second kappa shape index (κ2) is 13.7. The Bertz CT molecular complexity index is 902. The summed E-state index contributed by atoms with van der Waals surface area (Å²) in [6, 6.07) is 8.26. The van der Waals surface area contributed by atoms with Gasteiger partial charge in [0.05, 0.1) is 17.6 Å². The first-order chi connectivity index (χ1) is 14.7. The molecule has 0 unspecified atom stereocenters. The number of hydrogen-bond acceptors (Lipinski definition) is 6. The Morgan fingerprint density at radius 1 is 1.23 bits per heavy atom. The quantitative estimate of drug-likeness (QED) is 0.162. The molecule has 0 fully saturated rings. The summed E-state index contributed by atoms with van der Waals surface area (Å²) in [5, 5.41) is 11.3. The van der Waals surface area contributed by atoms with E-state index >= 15 is 0 Å². The van der Waals surface area contributed by atoms with Gasteiger partial charge in [0.2, 0.25) is 0 Å². The number of carbonyl (C=O) groups is 1. The molecule has 0 atom stereocenters. The lowest BCUT2D eigenvalue weighted by atomic mass is 10.1. The van der Waals surface area contributed by atoms with E-state index in [1.807, 2.05) is 6.92 Å². The fourth-order valence-corrected chi connectivity index (χ4v) is 4.66. The highest BCUT2D eigenvalue weighted by atomic mass is 79.9. The van der Waals surface area contributed by atoms with Crippen molar-refractivity contribution in [3.8, 4) is 0 Å². The van der Waals surface area contributed by atoms with Crippen LogP contribution in [0.1, 0.15) is 42.3 Å². The van der Waals surface area contributed by atoms with Gasteiger partial charge in [0, 0.05) is 20.7 Å². The van der Waals surface area contributed by atoms with Crippen LogP contribution in [0.5, 0.6) is 0 Å². The smallest absolute Gasteiger partial charge is 0.337 e. The molecule has 0 saturated carbocycles. The van der Waals surface area contributed by atoms with E-state index in [9.17, 15) is 14.9 Å². The summed E-state index contributed by atoms with van der Waals surface area (Å²) in [6.45, 7) is 12.0. The van der Waals surface area contributed by atoms with Crippen LogP contribution in [-0.4, -0.2) is 42.5 Å². The van der Waals surface area contributed by atoms with Crippen molar-refractivity contribution >= 4 is 50.9 Å². The highest BCUT2D eigenvalue weighted by Gasteiger charge is 2.19. The molecule has 0 amide bonds. The molecule has 0 N–H and O–H groups in total. The van der Waals surface area contributed by atoms with Crippen LogP contribution in [0.2, 0.25) is 5.02 Å². The number of hydrogen-bond donors (Lipinski definition) is 0. The highest BCUT2D eigenvalue weighted by molar-refractivity contribution is 9.10. The van der Waals surface area contributed by atoms with E-state index in [1.165, 1.54) is 44.6 Å². The van der Waals surface area contributed by atoms with Gasteiger partial charge in [-0.05, 0) is 66.3 Å². The SMILES string of the molecule is CCN(CC)CC.COC(=O)c1cc(C)c(Br)c(SCc2cccc(Cl)c2[N+](=O)[O-])c1. The largest absolute Gasteiger partial charge is 0.465 e. The standard InChI is InChI=1S/C16H13BrClNO4S.C6H15N/c1-9-6-11(16(20)23-2)7-13(14(9)17)24-8-10-4-3-5-12(18)15(10)19(21)22;1-4-7(5-2)6-3/h3-7H,8H2,1-2H3;4-6H2,1-3H3. The predicted molar refractivity (Wildman–Crippen MR) is 131 cm³/mol. The van der Waals surface area contributed by atoms with Crippen LogP contribution >= 0.6 is 39.3 Å². The third-order valence-corrected chi connectivity index (χ3v) is 7.33. The van der Waals surface area contributed by atoms with Crippen LogP contribution in [0.15, 0.2) is 39.7 Å². The number of aryl methyl sites for hydroxylation is 1. The van der Waals surface area contributed by atoms with Crippen LogP contribution in [0.3, 0.4) is 0 Å². The molecule has 6 nitrogen and oxygen atoms in total. The summed E-state index contributed by atoms with van der Waals surface area (Å²) in [4.78, 5) is 25.6. The van der Waals surface area contributed by atoms with Crippen LogP contribution in [0, 0.1) is 17.0 Å². The molecular formula is C22H28BrClN2O4S. The first-order valence-corrected chi connectivity index (χ1v) is 12.0. The van der Waals surface area contributed by atoms with Crippen molar-refractivity contribution < 1.29 is 14.5 Å². The molecule has 0 aromatic heterocycles. The summed E-state index contributed by atoms with van der Waals surface area (Å²) < 4.78 is 5.58. The Morgan fingerprint density at radius 2 is 1.84 bits per heavy atom. The Hall–Kier alpha value is -1.61. The zero-order valence-electron chi connectivity index (χ0n) is 18.4. The van der Waals surface area contributed by atoms with Gasteiger partial charge in [0.15, 0.2) is 0 Å². The van der Waals surface area contributed by atoms with Gasteiger partial charge in [-0.1, -0.05) is 44.5 Å². The number of ether oxygens (including phenoxy) is 1. The number of halogens is 2. The number of carbonyl (C=O) groups excluding carboxylic acids is 1. The normalized spacial score (nSPS) is 10.5. The molecule has 2 aromatic rings. The maximum atomic E-state index is 11.7. The van der Waals surface area contributed by atoms with Crippen LogP contribution in [0.4, 0.5) is 5.69 Å². The molecule has 0 radical (unpaired) electrons. The summed E-state index contributed by atoms with van der Waals surface area (Å²) >= 11 is 10.8. The minimum Gasteiger partial charge on any atom is -0.465 e. The molecule has 0 heterocycles. The molecule has 31 heavy (non-hydrogen) atoms. The first-order valence-electron chi connectivity index (χ1n) is 9.85. The highest BCUT2D eigenvalue weighted by Crippen LogP contribution is 2.37. The van der Waals surface area contributed by atoms with Gasteiger partial charge in [-0.15, -0.1) is 11.8 Å². The van der Waals surface area contributed by atoms with Gasteiger partial charge in [0.1, 0.15) is 5.02 Å². The third kappa shape index (κ3) is 8.11. The summed E-state index contributed by atoms with van der Waals surface area (Å²) in [5.74, 6) is -0.0827. The van der Waals surface area contributed by atoms with E-state index in [2.05, 4.69) is 41.6 Å². The van der Waals surface area contributed by atoms with Crippen molar-refractivity contribution in [2.75, 3.05) is 26.7 Å². The number of esters is 1. The van der Waals surface area contributed by atoms with E-state index in [4.69, 9.17) is 16.3 Å². The van der Waals surface area contributed by atoms with E-state index in [0.29, 0.717) is 16.9 Å². The number of rotatable bonds is 8. The molecule has 0 spiro atoms. The minimum absolute atomic E-state index is 0.0939. The zero-order valence-corrected chi connectivity index (χ0v) is 21.6. The van der Waals surface area contributed by atoms with Crippen molar-refractivity contribution in [1.29, 1.82) is 0 Å². The molecule has 0 aliphatic heterocycles. The lowest BCUT2D eigenvalue weighted by Crippen LogP contribution is -2.21. The zero-order chi connectivity index (χ0) is 23.6. The fourth-order valence-electron chi connectivity index (χ4n) is 2.79. The van der Waals surface area contributed by atoms with Crippen molar-refractivity contribution in [3.63, 3.8) is 0 Å². The molecule has 2 rings (SSSR count). The molecule has 0 bridgehead atoms. The van der Waals surface area contributed by atoms with Gasteiger partial charge < -0.3 is 9.64 Å². The Kier molecular flexibility index (Phi) is 12.1. The number of nitro benzene ring substituents is 1. The van der Waals surface area contributed by atoms with Crippen molar-refractivity contribution in [2.24, 2.45) is 0 Å². The number of methoxy groups -OCH3 is 1. The molecule has 9 heteroatoms. The van der Waals surface area contributed by atoms with Crippen LogP contribution in [-0.2, 0) is 10.5 Å². The van der Waals surface area contributed by atoms with E-state index in [0.717, 1.165) is 14.9 Å². The van der Waals surface area contributed by atoms with Crippen LogP contribution < -0.4 is 0 Å². The number of thioether (sulfide) groups is 1. The average molecular weight is 532 g/mol. The van der Waals surface area contributed by atoms with Gasteiger partial charge in [0.25, 0.3) is 5.69 Å². The first kappa shape index (κ1) is 27.4. The van der Waals surface area contributed by atoms with Crippen LogP contribution in [0.25, 0.3) is 0 Å². The summed E-state index contributed by atoms with van der Waals surface area (Å²) in [7, 11) is 1.32. The number of nitrogens with zero attached hydrogens (tertiary/aromatic N) is 2. The number of benzene rings is 2. The maximum Gasteiger partial charge on any atom is 0.337 e. The third-order valence-electron chi connectivity index (χ3n) is 4.62. The summed E-state index contributed by atoms with van der Waals surface area (Å²) in [6.07, 6.45) is 0. The molecular weight excluding hydrogens is 504 g/mol. The lowest BCUT2D eigenvalue weighted by molar-refractivity contribution is -0.385. The predicted octanol–water partition coefficient (Wildman–Crippen LogP) is 6.75. The average Bonchev–Trinajstić information content (AvgIpc) is 2.75. The fraction of sp³-hybridized carbons (Fsp3) is 0.409. The maximum absolute atomic E-state index is 11.7. The Labute approximate surface area is 201 Å². The van der Waals surface area contributed by atoms with Crippen molar-refractivity contribution in [1.82, 2.24) is 4.90 Å². The molecule has 0 aliphatic rings. The van der Waals surface area contributed by atoms with E-state index in [1.54, 1.807) is 24.3 Å². The van der Waals surface area contributed by atoms with Crippen molar-refractivity contribution in [3.05, 3.63) is 66.6 Å². The van der Waals surface area contributed by atoms with Gasteiger partial charge in [-0.2, -0.15) is 0 Å². The molecule has 0 aliphatic carbocycles. The monoisotopic (exact) mass is 530 g/mol. The Morgan fingerprint density at radius 3 is 2.32 bits per heavy atom. The Balaban J connectivity index is 0.000000592. The molecule has 170 valence electrons. The van der Waals surface area contributed by atoms with Gasteiger partial charge >= 0.3 is 5.97 Å². The lowest BCUT2D eigenvalue weighted by Gasteiger charge is -2.13. The molecule has 0 saturated heterocycles. The number of nitro groups is 1. The van der Waals surface area contributed by atoms with E-state index in [-0.39, 0.29) is 10.7 Å².